The summed E-state index contributed by atoms with van der Waals surface area (Å²) in [6.45, 7) is -0.327. The molecule has 148 valence electrons. The summed E-state index contributed by atoms with van der Waals surface area (Å²) >= 11 is 0. The Labute approximate surface area is 165 Å². The lowest BCUT2D eigenvalue weighted by molar-refractivity contribution is -0.119. The zero-order valence-electron chi connectivity index (χ0n) is 15.2. The molecule has 0 saturated carbocycles. The van der Waals surface area contributed by atoms with Gasteiger partial charge in [0.15, 0.2) is 18.2 Å². The molecular formula is C22H17F2NO4. The number of carbonyl (C=O) groups excluding carboxylic acids is 2. The van der Waals surface area contributed by atoms with E-state index in [1.165, 1.54) is 12.1 Å². The van der Waals surface area contributed by atoms with Crippen molar-refractivity contribution in [2.24, 2.45) is 0 Å². The van der Waals surface area contributed by atoms with E-state index in [9.17, 15) is 18.4 Å². The third-order valence-electron chi connectivity index (χ3n) is 3.88. The molecule has 0 aliphatic carbocycles. The van der Waals surface area contributed by atoms with Gasteiger partial charge in [-0.25, -0.2) is 13.6 Å². The molecule has 3 aromatic carbocycles. The average molecular weight is 397 g/mol. The van der Waals surface area contributed by atoms with E-state index in [0.29, 0.717) is 5.75 Å². The molecule has 0 bridgehead atoms. The Hall–Kier alpha value is -3.74. The van der Waals surface area contributed by atoms with Crippen LogP contribution in [0.15, 0.2) is 72.8 Å². The lowest BCUT2D eigenvalue weighted by Gasteiger charge is -2.11. The number of nitrogens with one attached hydrogen (secondary N) is 1. The average Bonchev–Trinajstić information content (AvgIpc) is 2.74. The van der Waals surface area contributed by atoms with Gasteiger partial charge < -0.3 is 14.8 Å². The first-order chi connectivity index (χ1) is 14.0. The highest BCUT2D eigenvalue weighted by Gasteiger charge is 2.16. The number of benzene rings is 3. The van der Waals surface area contributed by atoms with Gasteiger partial charge >= 0.3 is 5.97 Å². The molecule has 1 N–H and O–H groups in total. The van der Waals surface area contributed by atoms with Gasteiger partial charge in [0, 0.05) is 11.8 Å². The summed E-state index contributed by atoms with van der Waals surface area (Å²) in [5, 5.41) is 2.32. The smallest absolute Gasteiger partial charge is 0.342 e. The minimum atomic E-state index is -1.09. The zero-order chi connectivity index (χ0) is 20.6. The number of ether oxygens (including phenoxy) is 2. The van der Waals surface area contributed by atoms with E-state index in [0.717, 1.165) is 17.7 Å². The topological polar surface area (TPSA) is 64.6 Å². The number of amides is 1. The van der Waals surface area contributed by atoms with Crippen LogP contribution in [0.1, 0.15) is 15.9 Å². The largest absolute Gasteiger partial charge is 0.488 e. The first kappa shape index (κ1) is 20.0. The summed E-state index contributed by atoms with van der Waals surface area (Å²) in [5.41, 5.74) is 1.15. The number of rotatable bonds is 7. The number of esters is 1. The van der Waals surface area contributed by atoms with Crippen LogP contribution >= 0.6 is 0 Å². The fourth-order valence-corrected chi connectivity index (χ4v) is 2.48. The molecule has 29 heavy (non-hydrogen) atoms. The van der Waals surface area contributed by atoms with Crippen molar-refractivity contribution in [2.75, 3.05) is 11.9 Å². The lowest BCUT2D eigenvalue weighted by atomic mass is 10.2. The summed E-state index contributed by atoms with van der Waals surface area (Å²) in [7, 11) is 0. The maximum atomic E-state index is 13.2. The minimum Gasteiger partial charge on any atom is -0.488 e. The van der Waals surface area contributed by atoms with Gasteiger partial charge in [0.1, 0.15) is 17.9 Å². The van der Waals surface area contributed by atoms with Gasteiger partial charge in [-0.1, -0.05) is 42.5 Å². The molecule has 0 aromatic heterocycles. The highest BCUT2D eigenvalue weighted by atomic mass is 19.2. The van der Waals surface area contributed by atoms with Crippen LogP contribution in [0.2, 0.25) is 0 Å². The molecule has 1 amide bonds. The summed E-state index contributed by atoms with van der Waals surface area (Å²) in [5.74, 6) is -3.23. The van der Waals surface area contributed by atoms with Crippen molar-refractivity contribution >= 4 is 17.6 Å². The number of hydrogen-bond donors (Lipinski definition) is 1. The van der Waals surface area contributed by atoms with E-state index in [1.54, 1.807) is 18.2 Å². The van der Waals surface area contributed by atoms with Gasteiger partial charge in [-0.3, -0.25) is 4.79 Å². The molecule has 3 rings (SSSR count). The van der Waals surface area contributed by atoms with Gasteiger partial charge in [0.25, 0.3) is 5.91 Å². The maximum Gasteiger partial charge on any atom is 0.342 e. The van der Waals surface area contributed by atoms with Crippen LogP contribution in [-0.2, 0) is 16.1 Å². The van der Waals surface area contributed by atoms with E-state index in [-0.39, 0.29) is 17.9 Å². The molecule has 0 spiro atoms. The highest BCUT2D eigenvalue weighted by molar-refractivity contribution is 5.96. The molecule has 5 nitrogen and oxygen atoms in total. The predicted octanol–water partition coefficient (Wildman–Crippen LogP) is 4.34. The Balaban J connectivity index is 1.57. The van der Waals surface area contributed by atoms with E-state index in [4.69, 9.17) is 9.47 Å². The van der Waals surface area contributed by atoms with Crippen LogP contribution in [-0.4, -0.2) is 18.5 Å². The molecule has 0 saturated heterocycles. The van der Waals surface area contributed by atoms with Gasteiger partial charge in [0.05, 0.1) is 0 Å². The molecule has 0 atom stereocenters. The lowest BCUT2D eigenvalue weighted by Crippen LogP contribution is -2.21. The van der Waals surface area contributed by atoms with Crippen LogP contribution in [0, 0.1) is 11.6 Å². The van der Waals surface area contributed by atoms with Gasteiger partial charge in [-0.2, -0.15) is 0 Å². The molecular weight excluding hydrogens is 380 g/mol. The molecule has 0 radical (unpaired) electrons. The normalized spacial score (nSPS) is 10.3. The minimum absolute atomic E-state index is 0.0524. The molecule has 0 fully saturated rings. The molecule has 0 aliphatic heterocycles. The van der Waals surface area contributed by atoms with Crippen LogP contribution < -0.4 is 10.1 Å². The first-order valence-electron chi connectivity index (χ1n) is 8.70. The second-order valence-corrected chi connectivity index (χ2v) is 6.02. The third kappa shape index (κ3) is 5.62. The summed E-state index contributed by atoms with van der Waals surface area (Å²) in [6.07, 6.45) is 0. The number of carbonyl (C=O) groups is 2. The van der Waals surface area contributed by atoms with Crippen molar-refractivity contribution in [2.45, 2.75) is 6.61 Å². The quantitative estimate of drug-likeness (QED) is 0.603. The third-order valence-corrected chi connectivity index (χ3v) is 3.88. The predicted molar refractivity (Wildman–Crippen MR) is 102 cm³/mol. The second-order valence-electron chi connectivity index (χ2n) is 6.02. The standard InChI is InChI=1S/C22H17F2NO4/c23-18-11-10-16(12-19(18)24)25-21(26)14-29-22(27)17-8-4-5-9-20(17)28-13-15-6-2-1-3-7-15/h1-12H,13-14H2,(H,25,26). The van der Waals surface area contributed by atoms with Crippen LogP contribution in [0.4, 0.5) is 14.5 Å². The molecule has 0 aliphatic rings. The van der Waals surface area contributed by atoms with Crippen molar-refractivity contribution in [3.63, 3.8) is 0 Å². The zero-order valence-corrected chi connectivity index (χ0v) is 15.2. The number of hydrogen-bond acceptors (Lipinski definition) is 4. The Morgan fingerprint density at radius 2 is 1.59 bits per heavy atom. The van der Waals surface area contributed by atoms with E-state index < -0.39 is 30.1 Å². The van der Waals surface area contributed by atoms with E-state index >= 15 is 0 Å². The van der Waals surface area contributed by atoms with Gasteiger partial charge in [0.2, 0.25) is 0 Å². The monoisotopic (exact) mass is 397 g/mol. The van der Waals surface area contributed by atoms with Crippen molar-refractivity contribution in [1.29, 1.82) is 0 Å². The van der Waals surface area contributed by atoms with E-state index in [2.05, 4.69) is 5.32 Å². The van der Waals surface area contributed by atoms with Crippen LogP contribution in [0.5, 0.6) is 5.75 Å². The summed E-state index contributed by atoms with van der Waals surface area (Å²) in [6, 6.07) is 18.9. The second kappa shape index (κ2) is 9.45. The maximum absolute atomic E-state index is 13.2. The van der Waals surface area contributed by atoms with Gasteiger partial charge in [-0.05, 0) is 29.8 Å². The number of anilines is 1. The molecule has 0 unspecified atom stereocenters. The Bertz CT molecular complexity index is 1010. The fourth-order valence-electron chi connectivity index (χ4n) is 2.48. The van der Waals surface area contributed by atoms with Crippen molar-refractivity contribution in [1.82, 2.24) is 0 Å². The van der Waals surface area contributed by atoms with Crippen LogP contribution in [0.3, 0.4) is 0 Å². The summed E-state index contributed by atoms with van der Waals surface area (Å²) in [4.78, 5) is 24.2. The number of halogens is 2. The Morgan fingerprint density at radius 3 is 2.34 bits per heavy atom. The van der Waals surface area contributed by atoms with Crippen LogP contribution in [0.25, 0.3) is 0 Å². The summed E-state index contributed by atoms with van der Waals surface area (Å²) < 4.78 is 36.8. The molecule has 7 heteroatoms. The number of para-hydroxylation sites is 1. The Morgan fingerprint density at radius 1 is 0.862 bits per heavy atom. The van der Waals surface area contributed by atoms with Crippen molar-refractivity contribution in [3.05, 3.63) is 95.6 Å². The molecule has 0 heterocycles. The van der Waals surface area contributed by atoms with Gasteiger partial charge in [-0.15, -0.1) is 0 Å². The highest BCUT2D eigenvalue weighted by Crippen LogP contribution is 2.20. The first-order valence-corrected chi connectivity index (χ1v) is 8.70. The SMILES string of the molecule is O=C(COC(=O)c1ccccc1OCc1ccccc1)Nc1ccc(F)c(F)c1. The molecule has 3 aromatic rings. The fraction of sp³-hybridized carbons (Fsp3) is 0.0909. The van der Waals surface area contributed by atoms with E-state index in [1.807, 2.05) is 30.3 Å². The Kier molecular flexibility index (Phi) is 6.52. The van der Waals surface area contributed by atoms with Crippen molar-refractivity contribution in [3.8, 4) is 5.75 Å². The van der Waals surface area contributed by atoms with Crippen molar-refractivity contribution < 1.29 is 27.8 Å².